The van der Waals surface area contributed by atoms with Crippen LogP contribution >= 0.6 is 0 Å². The van der Waals surface area contributed by atoms with Gasteiger partial charge < -0.3 is 15.3 Å². The lowest BCUT2D eigenvalue weighted by Crippen LogP contribution is -2.55. The molecular weight excluding hydrogens is 242 g/mol. The van der Waals surface area contributed by atoms with Gasteiger partial charge >= 0.3 is 12.0 Å². The van der Waals surface area contributed by atoms with Crippen LogP contribution in [-0.2, 0) is 14.4 Å². The molecule has 1 aliphatic heterocycles. The fraction of sp³-hybridized carbons (Fsp3) is 0.600. The van der Waals surface area contributed by atoms with Crippen LogP contribution in [0.4, 0.5) is 4.79 Å². The Balaban J connectivity index is 2.22. The lowest BCUT2D eigenvalue weighted by Gasteiger charge is -2.25. The molecule has 18 heavy (non-hydrogen) atoms. The zero-order chi connectivity index (χ0) is 13.5. The van der Waals surface area contributed by atoms with Crippen LogP contribution in [0.5, 0.6) is 0 Å². The van der Waals surface area contributed by atoms with E-state index in [9.17, 15) is 19.2 Å². The summed E-state index contributed by atoms with van der Waals surface area (Å²) in [5.41, 5.74) is 0. The van der Waals surface area contributed by atoms with Crippen molar-refractivity contribution in [2.24, 2.45) is 0 Å². The van der Waals surface area contributed by atoms with Crippen molar-refractivity contribution in [3.8, 4) is 0 Å². The Morgan fingerprint density at radius 1 is 1.22 bits per heavy atom. The van der Waals surface area contributed by atoms with Crippen molar-refractivity contribution in [1.29, 1.82) is 0 Å². The number of unbranched alkanes of at least 4 members (excludes halogenated alkanes) is 1. The molecule has 8 heteroatoms. The van der Waals surface area contributed by atoms with E-state index in [2.05, 4.69) is 10.6 Å². The van der Waals surface area contributed by atoms with E-state index in [1.165, 1.54) is 0 Å². The van der Waals surface area contributed by atoms with Crippen molar-refractivity contribution in [2.45, 2.75) is 19.3 Å². The van der Waals surface area contributed by atoms with Gasteiger partial charge in [-0.2, -0.15) is 0 Å². The second-order valence-electron chi connectivity index (χ2n) is 3.91. The number of piperazine rings is 1. The van der Waals surface area contributed by atoms with Crippen molar-refractivity contribution < 1.29 is 24.3 Å². The third-order valence-corrected chi connectivity index (χ3v) is 2.33. The summed E-state index contributed by atoms with van der Waals surface area (Å²) in [5.74, 6) is -1.89. The Hall–Kier alpha value is -2.12. The lowest BCUT2D eigenvalue weighted by molar-refractivity contribution is -0.137. The first kappa shape index (κ1) is 13.9. The molecule has 3 N–H and O–H groups in total. The summed E-state index contributed by atoms with van der Waals surface area (Å²) in [6.07, 6.45) is 1.06. The Morgan fingerprint density at radius 3 is 2.39 bits per heavy atom. The number of nitrogens with one attached hydrogen (secondary N) is 2. The van der Waals surface area contributed by atoms with Gasteiger partial charge in [0.1, 0.15) is 13.1 Å². The van der Waals surface area contributed by atoms with Gasteiger partial charge in [0.2, 0.25) is 11.8 Å². The van der Waals surface area contributed by atoms with Gasteiger partial charge in [-0.15, -0.1) is 0 Å². The molecule has 1 rings (SSSR count). The molecule has 1 heterocycles. The van der Waals surface area contributed by atoms with Gasteiger partial charge in [0.15, 0.2) is 0 Å². The van der Waals surface area contributed by atoms with Gasteiger partial charge in [-0.25, -0.2) is 4.79 Å². The summed E-state index contributed by atoms with van der Waals surface area (Å²) in [4.78, 5) is 44.9. The summed E-state index contributed by atoms with van der Waals surface area (Å²) in [6, 6.07) is -0.492. The molecule has 0 saturated carbocycles. The third kappa shape index (κ3) is 4.81. The predicted octanol–water partition coefficient (Wildman–Crippen LogP) is -1.09. The highest BCUT2D eigenvalue weighted by Gasteiger charge is 2.25. The first-order valence-electron chi connectivity index (χ1n) is 5.56. The molecule has 0 spiro atoms. The first-order valence-corrected chi connectivity index (χ1v) is 5.56. The van der Waals surface area contributed by atoms with Gasteiger partial charge in [0, 0.05) is 13.0 Å². The maximum absolute atomic E-state index is 11.6. The summed E-state index contributed by atoms with van der Waals surface area (Å²) < 4.78 is 0. The van der Waals surface area contributed by atoms with Crippen LogP contribution in [-0.4, -0.2) is 53.5 Å². The highest BCUT2D eigenvalue weighted by Crippen LogP contribution is 1.97. The molecule has 0 aromatic rings. The van der Waals surface area contributed by atoms with E-state index in [-0.39, 0.29) is 19.5 Å². The fourth-order valence-electron chi connectivity index (χ4n) is 1.49. The summed E-state index contributed by atoms with van der Waals surface area (Å²) in [5, 5.41) is 13.0. The summed E-state index contributed by atoms with van der Waals surface area (Å²) in [6.45, 7) is 0.0256. The van der Waals surface area contributed by atoms with Crippen molar-refractivity contribution >= 4 is 23.8 Å². The maximum Gasteiger partial charge on any atom is 0.318 e. The predicted molar refractivity (Wildman–Crippen MR) is 59.6 cm³/mol. The number of amides is 4. The highest BCUT2D eigenvalue weighted by molar-refractivity contribution is 6.02. The van der Waals surface area contributed by atoms with E-state index < -0.39 is 23.8 Å². The number of imide groups is 1. The SMILES string of the molecule is O=C(O)CCCCNC(=O)N1CC(=O)NC(=O)C1. The summed E-state index contributed by atoms with van der Waals surface area (Å²) in [7, 11) is 0. The molecule has 1 saturated heterocycles. The van der Waals surface area contributed by atoms with Crippen molar-refractivity contribution in [2.75, 3.05) is 19.6 Å². The Morgan fingerprint density at radius 2 is 1.83 bits per heavy atom. The van der Waals surface area contributed by atoms with E-state index in [4.69, 9.17) is 5.11 Å². The number of hydrogen-bond donors (Lipinski definition) is 3. The van der Waals surface area contributed by atoms with Crippen LogP contribution in [0.3, 0.4) is 0 Å². The minimum absolute atomic E-state index is 0.0560. The Kier molecular flexibility index (Phi) is 5.09. The fourth-order valence-corrected chi connectivity index (χ4v) is 1.49. The molecule has 0 bridgehead atoms. The third-order valence-electron chi connectivity index (χ3n) is 2.33. The maximum atomic E-state index is 11.6. The molecule has 8 nitrogen and oxygen atoms in total. The highest BCUT2D eigenvalue weighted by atomic mass is 16.4. The number of carboxylic acid groups (broad SMARTS) is 1. The number of carbonyl (C=O) groups is 4. The largest absolute Gasteiger partial charge is 0.481 e. The minimum Gasteiger partial charge on any atom is -0.481 e. The van der Waals surface area contributed by atoms with Gasteiger partial charge in [0.25, 0.3) is 0 Å². The second kappa shape index (κ2) is 6.58. The molecule has 0 unspecified atom stereocenters. The van der Waals surface area contributed by atoms with E-state index in [0.29, 0.717) is 19.4 Å². The smallest absolute Gasteiger partial charge is 0.318 e. The number of hydrogen-bond acceptors (Lipinski definition) is 4. The normalized spacial score (nSPS) is 15.2. The summed E-state index contributed by atoms with van der Waals surface area (Å²) >= 11 is 0. The molecule has 0 aromatic carbocycles. The van der Waals surface area contributed by atoms with E-state index in [1.54, 1.807) is 0 Å². The number of nitrogens with zero attached hydrogens (tertiary/aromatic N) is 1. The van der Waals surface area contributed by atoms with Crippen LogP contribution in [0.2, 0.25) is 0 Å². The molecule has 100 valence electrons. The van der Waals surface area contributed by atoms with Crippen LogP contribution in [0.25, 0.3) is 0 Å². The van der Waals surface area contributed by atoms with E-state index in [1.807, 2.05) is 0 Å². The number of carbonyl (C=O) groups excluding carboxylic acids is 3. The standard InChI is InChI=1S/C10H15N3O5/c14-7-5-13(6-8(15)12-7)10(18)11-4-2-1-3-9(16)17/h1-6H2,(H,11,18)(H,16,17)(H,12,14,15). The van der Waals surface area contributed by atoms with Crippen LogP contribution in [0.1, 0.15) is 19.3 Å². The van der Waals surface area contributed by atoms with E-state index in [0.717, 1.165) is 4.90 Å². The first-order chi connectivity index (χ1) is 8.49. The van der Waals surface area contributed by atoms with Gasteiger partial charge in [-0.05, 0) is 12.8 Å². The van der Waals surface area contributed by atoms with Crippen LogP contribution < -0.4 is 10.6 Å². The molecule has 1 aliphatic rings. The zero-order valence-corrected chi connectivity index (χ0v) is 9.77. The molecule has 0 radical (unpaired) electrons. The number of aliphatic carboxylic acids is 1. The van der Waals surface area contributed by atoms with E-state index >= 15 is 0 Å². The molecule has 0 atom stereocenters. The minimum atomic E-state index is -0.875. The van der Waals surface area contributed by atoms with Crippen LogP contribution in [0, 0.1) is 0 Å². The average Bonchev–Trinajstić information content (AvgIpc) is 2.26. The second-order valence-corrected chi connectivity index (χ2v) is 3.91. The van der Waals surface area contributed by atoms with Crippen molar-refractivity contribution in [3.05, 3.63) is 0 Å². The van der Waals surface area contributed by atoms with Crippen molar-refractivity contribution in [3.63, 3.8) is 0 Å². The topological polar surface area (TPSA) is 116 Å². The van der Waals surface area contributed by atoms with Crippen LogP contribution in [0.15, 0.2) is 0 Å². The number of urea groups is 1. The monoisotopic (exact) mass is 257 g/mol. The lowest BCUT2D eigenvalue weighted by atomic mass is 10.2. The Labute approximate surface area is 103 Å². The molecule has 0 aromatic heterocycles. The molecular formula is C10H15N3O5. The molecule has 4 amide bonds. The van der Waals surface area contributed by atoms with Gasteiger partial charge in [0.05, 0.1) is 0 Å². The van der Waals surface area contributed by atoms with Crippen molar-refractivity contribution in [1.82, 2.24) is 15.5 Å². The Bertz CT molecular complexity index is 353. The quantitative estimate of drug-likeness (QED) is 0.427. The number of rotatable bonds is 5. The zero-order valence-electron chi connectivity index (χ0n) is 9.77. The molecule has 0 aliphatic carbocycles. The average molecular weight is 257 g/mol. The molecule has 1 fully saturated rings. The van der Waals surface area contributed by atoms with Gasteiger partial charge in [-0.3, -0.25) is 19.7 Å². The number of carboxylic acids is 1. The van der Waals surface area contributed by atoms with Gasteiger partial charge in [-0.1, -0.05) is 0 Å².